The van der Waals surface area contributed by atoms with E-state index in [9.17, 15) is 14.7 Å². The Kier molecular flexibility index (Phi) is 6.38. The Morgan fingerprint density at radius 2 is 1.87 bits per heavy atom. The summed E-state index contributed by atoms with van der Waals surface area (Å²) in [6.07, 6.45) is -0.673. The molecule has 128 valence electrons. The van der Waals surface area contributed by atoms with Crippen LogP contribution in [0.2, 0.25) is 0 Å². The number of benzene rings is 1. The van der Waals surface area contributed by atoms with Gasteiger partial charge in [-0.3, -0.25) is 15.1 Å². The number of ether oxygens (including phenoxy) is 1. The van der Waals surface area contributed by atoms with Gasteiger partial charge in [0.05, 0.1) is 7.11 Å². The molecule has 1 aromatic carbocycles. The minimum absolute atomic E-state index is 0.00784. The number of carbonyl (C=O) groups is 2. The average molecular weight is 323 g/mol. The maximum absolute atomic E-state index is 11.7. The number of nitrogens with zero attached hydrogens (tertiary/aromatic N) is 1. The number of carbonyl (C=O) groups excluding carboxylic acids is 1. The molecule has 0 heterocycles. The van der Waals surface area contributed by atoms with E-state index < -0.39 is 23.6 Å². The molecule has 2 amide bonds. The lowest BCUT2D eigenvalue weighted by Gasteiger charge is -2.39. The number of hydrogen-bond donors (Lipinski definition) is 3. The Morgan fingerprint density at radius 3 is 2.26 bits per heavy atom. The summed E-state index contributed by atoms with van der Waals surface area (Å²) in [6, 6.07) is 6.79. The highest BCUT2D eigenvalue weighted by atomic mass is 16.5. The SMILES string of the molecule is COc1ccc(CC(CC(=O)NN)N(C(=O)O)C(C)(C)C)cc1. The number of nitrogens with two attached hydrogens (primary N) is 1. The summed E-state index contributed by atoms with van der Waals surface area (Å²) >= 11 is 0. The molecule has 0 bridgehead atoms. The van der Waals surface area contributed by atoms with E-state index in [0.717, 1.165) is 11.3 Å². The van der Waals surface area contributed by atoms with Crippen LogP contribution in [0.3, 0.4) is 0 Å². The first-order valence-electron chi connectivity index (χ1n) is 7.33. The van der Waals surface area contributed by atoms with Gasteiger partial charge in [0.1, 0.15) is 5.75 Å². The van der Waals surface area contributed by atoms with Gasteiger partial charge in [-0.15, -0.1) is 0 Å². The van der Waals surface area contributed by atoms with Gasteiger partial charge in [-0.25, -0.2) is 10.6 Å². The van der Waals surface area contributed by atoms with E-state index in [-0.39, 0.29) is 6.42 Å². The summed E-state index contributed by atoms with van der Waals surface area (Å²) in [5.41, 5.74) is 2.34. The van der Waals surface area contributed by atoms with Crippen molar-refractivity contribution in [1.29, 1.82) is 0 Å². The van der Waals surface area contributed by atoms with Crippen LogP contribution in [0.1, 0.15) is 32.8 Å². The third-order valence-electron chi connectivity index (χ3n) is 3.51. The largest absolute Gasteiger partial charge is 0.497 e. The molecule has 1 aromatic rings. The van der Waals surface area contributed by atoms with Crippen molar-refractivity contribution < 1.29 is 19.4 Å². The second kappa shape index (κ2) is 7.82. The molecular formula is C16H25N3O4. The molecule has 7 nitrogen and oxygen atoms in total. The van der Waals surface area contributed by atoms with E-state index in [0.29, 0.717) is 6.42 Å². The van der Waals surface area contributed by atoms with Gasteiger partial charge in [0.15, 0.2) is 0 Å². The van der Waals surface area contributed by atoms with Crippen molar-refractivity contribution in [3.8, 4) is 5.75 Å². The first kappa shape index (κ1) is 18.8. The Balaban J connectivity index is 3.07. The molecule has 0 aliphatic heterocycles. The lowest BCUT2D eigenvalue weighted by atomic mass is 9.96. The number of amides is 2. The Hall–Kier alpha value is -2.28. The highest BCUT2D eigenvalue weighted by Crippen LogP contribution is 2.23. The van der Waals surface area contributed by atoms with E-state index in [1.54, 1.807) is 40.0 Å². The van der Waals surface area contributed by atoms with Crippen LogP contribution in [0.5, 0.6) is 5.75 Å². The van der Waals surface area contributed by atoms with Crippen molar-refractivity contribution in [2.75, 3.05) is 7.11 Å². The van der Waals surface area contributed by atoms with Crippen LogP contribution in [0.25, 0.3) is 0 Å². The predicted octanol–water partition coefficient (Wildman–Crippen LogP) is 1.76. The lowest BCUT2D eigenvalue weighted by molar-refractivity contribution is -0.122. The summed E-state index contributed by atoms with van der Waals surface area (Å²) in [4.78, 5) is 24.7. The van der Waals surface area contributed by atoms with Gasteiger partial charge in [-0.1, -0.05) is 12.1 Å². The van der Waals surface area contributed by atoms with Gasteiger partial charge >= 0.3 is 6.09 Å². The van der Waals surface area contributed by atoms with Crippen molar-refractivity contribution in [2.24, 2.45) is 5.84 Å². The molecule has 0 radical (unpaired) electrons. The summed E-state index contributed by atoms with van der Waals surface area (Å²) in [5.74, 6) is 5.47. The number of nitrogens with one attached hydrogen (secondary N) is 1. The Labute approximate surface area is 136 Å². The molecular weight excluding hydrogens is 298 g/mol. The maximum atomic E-state index is 11.7. The van der Waals surface area contributed by atoms with Crippen LogP contribution in [-0.2, 0) is 11.2 Å². The summed E-state index contributed by atoms with van der Waals surface area (Å²) in [7, 11) is 1.58. The smallest absolute Gasteiger partial charge is 0.408 e. The molecule has 0 saturated heterocycles. The zero-order valence-corrected chi connectivity index (χ0v) is 14.0. The van der Waals surface area contributed by atoms with Gasteiger partial charge in [-0.05, 0) is 44.9 Å². The van der Waals surface area contributed by atoms with Crippen molar-refractivity contribution in [1.82, 2.24) is 10.3 Å². The van der Waals surface area contributed by atoms with Crippen LogP contribution < -0.4 is 16.0 Å². The van der Waals surface area contributed by atoms with E-state index in [2.05, 4.69) is 5.43 Å². The van der Waals surface area contributed by atoms with Gasteiger partial charge in [0.25, 0.3) is 0 Å². The number of hydrazine groups is 1. The zero-order valence-electron chi connectivity index (χ0n) is 14.0. The third-order valence-corrected chi connectivity index (χ3v) is 3.51. The number of rotatable bonds is 6. The molecule has 0 spiro atoms. The minimum Gasteiger partial charge on any atom is -0.497 e. The van der Waals surface area contributed by atoms with Gasteiger partial charge in [0, 0.05) is 18.0 Å². The Bertz CT molecular complexity index is 537. The van der Waals surface area contributed by atoms with E-state index in [1.807, 2.05) is 12.1 Å². The number of carboxylic acid groups (broad SMARTS) is 1. The highest BCUT2D eigenvalue weighted by Gasteiger charge is 2.34. The molecule has 4 N–H and O–H groups in total. The molecule has 1 unspecified atom stereocenters. The quantitative estimate of drug-likeness (QED) is 0.420. The molecule has 1 atom stereocenters. The second-order valence-corrected chi connectivity index (χ2v) is 6.30. The number of methoxy groups -OCH3 is 1. The van der Waals surface area contributed by atoms with Crippen LogP contribution in [-0.4, -0.2) is 40.7 Å². The van der Waals surface area contributed by atoms with Crippen molar-refractivity contribution >= 4 is 12.0 Å². The second-order valence-electron chi connectivity index (χ2n) is 6.30. The van der Waals surface area contributed by atoms with E-state index in [4.69, 9.17) is 10.6 Å². The molecule has 0 aliphatic rings. The topological polar surface area (TPSA) is 105 Å². The van der Waals surface area contributed by atoms with Gasteiger partial charge < -0.3 is 9.84 Å². The standard InChI is InChI=1S/C16H25N3O4/c1-16(2,3)19(15(21)22)12(10-14(20)18-17)9-11-5-7-13(23-4)8-6-11/h5-8,12H,9-10,17H2,1-4H3,(H,18,20)(H,21,22). The third kappa shape index (κ3) is 5.45. The zero-order chi connectivity index (χ0) is 17.6. The first-order valence-corrected chi connectivity index (χ1v) is 7.33. The van der Waals surface area contributed by atoms with Crippen molar-refractivity contribution in [3.05, 3.63) is 29.8 Å². The molecule has 0 aromatic heterocycles. The van der Waals surface area contributed by atoms with Crippen LogP contribution in [0.4, 0.5) is 4.79 Å². The summed E-state index contributed by atoms with van der Waals surface area (Å²) in [6.45, 7) is 5.38. The fourth-order valence-electron chi connectivity index (χ4n) is 2.55. The predicted molar refractivity (Wildman–Crippen MR) is 87.0 cm³/mol. The van der Waals surface area contributed by atoms with Gasteiger partial charge in [-0.2, -0.15) is 0 Å². The summed E-state index contributed by atoms with van der Waals surface area (Å²) < 4.78 is 5.11. The molecule has 0 fully saturated rings. The lowest BCUT2D eigenvalue weighted by Crippen LogP contribution is -2.53. The van der Waals surface area contributed by atoms with Crippen molar-refractivity contribution in [3.63, 3.8) is 0 Å². The fourth-order valence-corrected chi connectivity index (χ4v) is 2.55. The normalized spacial score (nSPS) is 12.4. The minimum atomic E-state index is -1.07. The molecule has 0 aliphatic carbocycles. The first-order chi connectivity index (χ1) is 10.7. The van der Waals surface area contributed by atoms with Crippen LogP contribution in [0.15, 0.2) is 24.3 Å². The fraction of sp³-hybridized carbons (Fsp3) is 0.500. The molecule has 7 heteroatoms. The Morgan fingerprint density at radius 1 is 1.30 bits per heavy atom. The average Bonchev–Trinajstić information content (AvgIpc) is 2.45. The maximum Gasteiger partial charge on any atom is 0.408 e. The van der Waals surface area contributed by atoms with E-state index >= 15 is 0 Å². The summed E-state index contributed by atoms with van der Waals surface area (Å²) in [5, 5.41) is 9.57. The highest BCUT2D eigenvalue weighted by molar-refractivity contribution is 5.77. The monoisotopic (exact) mass is 323 g/mol. The van der Waals surface area contributed by atoms with Crippen molar-refractivity contribution in [2.45, 2.75) is 45.2 Å². The molecule has 0 saturated carbocycles. The molecule has 1 rings (SSSR count). The molecule has 23 heavy (non-hydrogen) atoms. The number of hydrogen-bond acceptors (Lipinski definition) is 4. The van der Waals surface area contributed by atoms with Crippen LogP contribution >= 0.6 is 0 Å². The van der Waals surface area contributed by atoms with Gasteiger partial charge in [0.2, 0.25) is 5.91 Å². The van der Waals surface area contributed by atoms with Crippen LogP contribution in [0, 0.1) is 0 Å². The van der Waals surface area contributed by atoms with E-state index in [1.165, 1.54) is 4.90 Å².